The van der Waals surface area contributed by atoms with Crippen molar-refractivity contribution in [3.05, 3.63) is 0 Å². The summed E-state index contributed by atoms with van der Waals surface area (Å²) in [7, 11) is 0. The molecule has 1 aliphatic rings. The Hall–Kier alpha value is -1.10. The lowest BCUT2D eigenvalue weighted by molar-refractivity contribution is -0.147. The Morgan fingerprint density at radius 1 is 1.23 bits per heavy atom. The smallest absolute Gasteiger partial charge is 0.340 e. The molecule has 5 heteroatoms. The molecule has 0 aromatic rings. The molecule has 13 heavy (non-hydrogen) atoms. The molecule has 0 bridgehead atoms. The first-order chi connectivity index (χ1) is 5.79. The van der Waals surface area contributed by atoms with Crippen molar-refractivity contribution in [2.75, 3.05) is 0 Å². The predicted molar refractivity (Wildman–Crippen MR) is 42.3 cm³/mol. The SMILES string of the molecule is CC(C)[C@]1(C(=O)O)O[C@@]1(C)C(=O)O. The number of rotatable bonds is 3. The van der Waals surface area contributed by atoms with Crippen LogP contribution in [0, 0.1) is 5.92 Å². The van der Waals surface area contributed by atoms with Crippen molar-refractivity contribution >= 4 is 11.9 Å². The van der Waals surface area contributed by atoms with Gasteiger partial charge in [0.1, 0.15) is 0 Å². The maximum Gasteiger partial charge on any atom is 0.340 e. The fourth-order valence-electron chi connectivity index (χ4n) is 1.66. The number of epoxide rings is 1. The minimum Gasteiger partial charge on any atom is -0.479 e. The molecule has 0 aliphatic carbocycles. The molecule has 1 rings (SSSR count). The van der Waals surface area contributed by atoms with Gasteiger partial charge in [-0.2, -0.15) is 0 Å². The molecule has 0 spiro atoms. The molecular formula is C8H12O5. The van der Waals surface area contributed by atoms with E-state index in [2.05, 4.69) is 0 Å². The maximum absolute atomic E-state index is 10.9. The molecule has 0 aromatic heterocycles. The van der Waals surface area contributed by atoms with Crippen molar-refractivity contribution in [3.63, 3.8) is 0 Å². The van der Waals surface area contributed by atoms with E-state index >= 15 is 0 Å². The summed E-state index contributed by atoms with van der Waals surface area (Å²) in [5.41, 5.74) is -3.13. The molecule has 1 fully saturated rings. The zero-order valence-electron chi connectivity index (χ0n) is 7.70. The Labute approximate surface area is 75.3 Å². The van der Waals surface area contributed by atoms with Crippen molar-refractivity contribution < 1.29 is 24.5 Å². The van der Waals surface area contributed by atoms with Gasteiger partial charge in [0.25, 0.3) is 0 Å². The average Bonchev–Trinajstić information content (AvgIpc) is 2.59. The lowest BCUT2D eigenvalue weighted by Crippen LogP contribution is -2.41. The molecule has 0 aromatic carbocycles. The minimum atomic E-state index is -1.58. The van der Waals surface area contributed by atoms with Crippen LogP contribution >= 0.6 is 0 Å². The van der Waals surface area contributed by atoms with Crippen molar-refractivity contribution in [2.24, 2.45) is 5.92 Å². The highest BCUT2D eigenvalue weighted by Crippen LogP contribution is 2.53. The molecule has 1 heterocycles. The highest BCUT2D eigenvalue weighted by atomic mass is 16.7. The van der Waals surface area contributed by atoms with E-state index in [0.717, 1.165) is 0 Å². The molecule has 1 aliphatic heterocycles. The van der Waals surface area contributed by atoms with E-state index in [-0.39, 0.29) is 5.92 Å². The summed E-state index contributed by atoms with van der Waals surface area (Å²) in [6.45, 7) is 4.54. The van der Waals surface area contributed by atoms with Crippen molar-refractivity contribution in [2.45, 2.75) is 32.0 Å². The number of ether oxygens (including phenoxy) is 1. The van der Waals surface area contributed by atoms with E-state index in [9.17, 15) is 9.59 Å². The Morgan fingerprint density at radius 2 is 1.69 bits per heavy atom. The van der Waals surface area contributed by atoms with Crippen molar-refractivity contribution in [1.29, 1.82) is 0 Å². The van der Waals surface area contributed by atoms with Gasteiger partial charge in [-0.25, -0.2) is 9.59 Å². The van der Waals surface area contributed by atoms with Gasteiger partial charge in [0.05, 0.1) is 0 Å². The zero-order chi connectivity index (χ0) is 10.4. The maximum atomic E-state index is 10.9. The van der Waals surface area contributed by atoms with Gasteiger partial charge in [-0.05, 0) is 12.8 Å². The summed E-state index contributed by atoms with van der Waals surface area (Å²) in [5, 5.41) is 17.6. The second-order valence-electron chi connectivity index (χ2n) is 3.64. The lowest BCUT2D eigenvalue weighted by Gasteiger charge is -2.13. The van der Waals surface area contributed by atoms with Crippen LogP contribution in [0.15, 0.2) is 0 Å². The van der Waals surface area contributed by atoms with Gasteiger partial charge in [-0.3, -0.25) is 0 Å². The summed E-state index contributed by atoms with van der Waals surface area (Å²) in [5.74, 6) is -2.82. The summed E-state index contributed by atoms with van der Waals surface area (Å²) < 4.78 is 4.88. The van der Waals surface area contributed by atoms with Crippen LogP contribution in [0.1, 0.15) is 20.8 Å². The number of carbonyl (C=O) groups is 2. The van der Waals surface area contributed by atoms with Gasteiger partial charge >= 0.3 is 11.9 Å². The van der Waals surface area contributed by atoms with E-state index in [0.29, 0.717) is 0 Å². The molecule has 2 N–H and O–H groups in total. The van der Waals surface area contributed by atoms with Crippen molar-refractivity contribution in [3.8, 4) is 0 Å². The van der Waals surface area contributed by atoms with Crippen LogP contribution in [0.3, 0.4) is 0 Å². The number of hydrogen-bond acceptors (Lipinski definition) is 3. The largest absolute Gasteiger partial charge is 0.479 e. The third-order valence-electron chi connectivity index (χ3n) is 2.57. The normalized spacial score (nSPS) is 37.5. The minimum absolute atomic E-state index is 0.369. The van der Waals surface area contributed by atoms with Crippen LogP contribution in [0.25, 0.3) is 0 Å². The predicted octanol–water partition coefficient (Wildman–Crippen LogP) is 0.339. The van der Waals surface area contributed by atoms with Crippen LogP contribution in [-0.4, -0.2) is 33.4 Å². The summed E-state index contributed by atoms with van der Waals surface area (Å²) in [6, 6.07) is 0. The first-order valence-electron chi connectivity index (χ1n) is 3.96. The van der Waals surface area contributed by atoms with E-state index < -0.39 is 23.1 Å². The fourth-order valence-corrected chi connectivity index (χ4v) is 1.66. The van der Waals surface area contributed by atoms with E-state index in [4.69, 9.17) is 14.9 Å². The second-order valence-corrected chi connectivity index (χ2v) is 3.64. The molecule has 1 saturated heterocycles. The number of carboxylic acids is 2. The molecule has 2 atom stereocenters. The molecule has 74 valence electrons. The Morgan fingerprint density at radius 3 is 1.77 bits per heavy atom. The van der Waals surface area contributed by atoms with E-state index in [1.54, 1.807) is 13.8 Å². The van der Waals surface area contributed by atoms with E-state index in [1.165, 1.54) is 6.92 Å². The summed E-state index contributed by atoms with van der Waals surface area (Å²) >= 11 is 0. The van der Waals surface area contributed by atoms with Crippen LogP contribution in [0.5, 0.6) is 0 Å². The standard InChI is InChI=1S/C8H12O5/c1-4(2)8(6(11)12)7(3,13-8)5(9)10/h4H,1-3H3,(H,9,10)(H,11,12)/t7-,8+/m0/s1. The Bertz CT molecular complexity index is 272. The first kappa shape index (κ1) is 9.98. The second kappa shape index (κ2) is 2.45. The molecule has 0 saturated carbocycles. The van der Waals surface area contributed by atoms with Crippen molar-refractivity contribution in [1.82, 2.24) is 0 Å². The van der Waals surface area contributed by atoms with E-state index in [1.807, 2.05) is 0 Å². The topological polar surface area (TPSA) is 87.1 Å². The van der Waals surface area contributed by atoms with Crippen LogP contribution < -0.4 is 0 Å². The quantitative estimate of drug-likeness (QED) is 0.623. The summed E-state index contributed by atoms with van der Waals surface area (Å²) in [4.78, 5) is 21.6. The molecule has 0 amide bonds. The van der Waals surface area contributed by atoms with Gasteiger partial charge in [-0.15, -0.1) is 0 Å². The number of carboxylic acid groups (broad SMARTS) is 2. The zero-order valence-corrected chi connectivity index (χ0v) is 7.70. The van der Waals surface area contributed by atoms with Gasteiger partial charge < -0.3 is 14.9 Å². The summed E-state index contributed by atoms with van der Waals surface area (Å²) in [6.07, 6.45) is 0. The number of aliphatic carboxylic acids is 2. The molecule has 0 unspecified atom stereocenters. The third kappa shape index (κ3) is 0.966. The lowest BCUT2D eigenvalue weighted by atomic mass is 9.84. The van der Waals surface area contributed by atoms with Gasteiger partial charge in [-0.1, -0.05) is 13.8 Å². The Kier molecular flexibility index (Phi) is 1.88. The monoisotopic (exact) mass is 188 g/mol. The van der Waals surface area contributed by atoms with Gasteiger partial charge in [0.15, 0.2) is 0 Å². The number of hydrogen-bond donors (Lipinski definition) is 2. The highest BCUT2D eigenvalue weighted by molar-refractivity contribution is 5.96. The third-order valence-corrected chi connectivity index (χ3v) is 2.57. The van der Waals surface area contributed by atoms with Gasteiger partial charge in [0.2, 0.25) is 11.2 Å². The van der Waals surface area contributed by atoms with Crippen LogP contribution in [0.4, 0.5) is 0 Å². The van der Waals surface area contributed by atoms with Crippen LogP contribution in [-0.2, 0) is 14.3 Å². The molecule has 0 radical (unpaired) electrons. The molecule has 5 nitrogen and oxygen atoms in total. The van der Waals surface area contributed by atoms with Crippen LogP contribution in [0.2, 0.25) is 0 Å². The molecular weight excluding hydrogens is 176 g/mol. The highest BCUT2D eigenvalue weighted by Gasteiger charge is 2.78. The average molecular weight is 188 g/mol. The fraction of sp³-hybridized carbons (Fsp3) is 0.750. The Balaban J connectivity index is 3.03. The first-order valence-corrected chi connectivity index (χ1v) is 3.96. The van der Waals surface area contributed by atoms with Gasteiger partial charge in [0, 0.05) is 0 Å².